The average molecular weight is 334 g/mol. The molecule has 0 aromatic heterocycles. The quantitative estimate of drug-likeness (QED) is 0.824. The first-order chi connectivity index (χ1) is 9.32. The van der Waals surface area contributed by atoms with Crippen molar-refractivity contribution in [1.29, 1.82) is 5.26 Å². The van der Waals surface area contributed by atoms with Gasteiger partial charge in [-0.3, -0.25) is 0 Å². The van der Waals surface area contributed by atoms with Crippen LogP contribution in [-0.4, -0.2) is 6.03 Å². The first kappa shape index (κ1) is 14.6. The van der Waals surface area contributed by atoms with Crippen molar-refractivity contribution >= 4 is 22.0 Å². The average Bonchev–Trinajstić information content (AvgIpc) is 2.36. The van der Waals surface area contributed by atoms with E-state index in [0.29, 0.717) is 11.3 Å². The lowest BCUT2D eigenvalue weighted by atomic mass is 9.84. The first-order valence-corrected chi connectivity index (χ1v) is 7.10. The van der Waals surface area contributed by atoms with Crippen LogP contribution in [0, 0.1) is 16.7 Å². The van der Waals surface area contributed by atoms with Gasteiger partial charge in [0.2, 0.25) is 0 Å². The number of carbonyl (C=O) groups is 1. The molecule has 1 aliphatic rings. The van der Waals surface area contributed by atoms with Crippen LogP contribution in [0.3, 0.4) is 0 Å². The van der Waals surface area contributed by atoms with E-state index in [0.717, 1.165) is 10.0 Å². The van der Waals surface area contributed by atoms with Gasteiger partial charge in [0.15, 0.2) is 0 Å². The lowest BCUT2D eigenvalue weighted by Gasteiger charge is -2.33. The molecular formula is C15H16BrN3O. The Labute approximate surface area is 127 Å². The molecule has 2 amide bonds. The van der Waals surface area contributed by atoms with Crippen LogP contribution in [0.25, 0.3) is 0 Å². The van der Waals surface area contributed by atoms with Gasteiger partial charge in [0.05, 0.1) is 17.7 Å². The van der Waals surface area contributed by atoms with Crippen molar-refractivity contribution in [3.8, 4) is 6.07 Å². The normalized spacial score (nSPS) is 19.1. The van der Waals surface area contributed by atoms with Crippen LogP contribution in [0.5, 0.6) is 0 Å². The Bertz CT molecular complexity index is 623. The zero-order valence-corrected chi connectivity index (χ0v) is 13.2. The molecule has 5 heteroatoms. The molecule has 104 valence electrons. The topological polar surface area (TPSA) is 64.9 Å². The summed E-state index contributed by atoms with van der Waals surface area (Å²) in [6, 6.07) is 9.15. The highest BCUT2D eigenvalue weighted by Crippen LogP contribution is 2.34. The van der Waals surface area contributed by atoms with Crippen LogP contribution in [0.15, 0.2) is 40.0 Å². The van der Waals surface area contributed by atoms with Crippen LogP contribution in [0.2, 0.25) is 0 Å². The largest absolute Gasteiger partial charge is 0.326 e. The number of rotatable bonds is 1. The second-order valence-electron chi connectivity index (χ2n) is 5.74. The molecular weight excluding hydrogens is 318 g/mol. The molecule has 0 unspecified atom stereocenters. The molecule has 0 radical (unpaired) electrons. The molecule has 0 fully saturated rings. The van der Waals surface area contributed by atoms with E-state index >= 15 is 0 Å². The van der Waals surface area contributed by atoms with Crippen molar-refractivity contribution in [2.45, 2.75) is 26.8 Å². The fourth-order valence-electron chi connectivity index (χ4n) is 2.21. The van der Waals surface area contributed by atoms with Gasteiger partial charge >= 0.3 is 6.03 Å². The fraction of sp³-hybridized carbons (Fsp3) is 0.333. The van der Waals surface area contributed by atoms with Crippen molar-refractivity contribution in [3.63, 3.8) is 0 Å². The maximum atomic E-state index is 11.9. The Hall–Kier alpha value is -1.80. The zero-order chi connectivity index (χ0) is 14.9. The molecule has 1 heterocycles. The van der Waals surface area contributed by atoms with Gasteiger partial charge in [-0.25, -0.2) is 4.79 Å². The van der Waals surface area contributed by atoms with E-state index in [4.69, 9.17) is 0 Å². The number of hydrogen-bond acceptors (Lipinski definition) is 2. The van der Waals surface area contributed by atoms with Crippen LogP contribution >= 0.6 is 15.9 Å². The molecule has 2 N–H and O–H groups in total. The van der Waals surface area contributed by atoms with Crippen LogP contribution in [0.4, 0.5) is 4.79 Å². The van der Waals surface area contributed by atoms with Crippen molar-refractivity contribution in [2.75, 3.05) is 0 Å². The van der Waals surface area contributed by atoms with Gasteiger partial charge in [-0.1, -0.05) is 48.8 Å². The van der Waals surface area contributed by atoms with Crippen molar-refractivity contribution < 1.29 is 4.79 Å². The number of urea groups is 1. The van der Waals surface area contributed by atoms with E-state index in [2.05, 4.69) is 32.6 Å². The number of carbonyl (C=O) groups excluding carboxylic acids is 1. The first-order valence-electron chi connectivity index (χ1n) is 6.30. The summed E-state index contributed by atoms with van der Waals surface area (Å²) in [6.45, 7) is 5.93. The highest BCUT2D eigenvalue weighted by Gasteiger charge is 2.33. The smallest absolute Gasteiger partial charge is 0.319 e. The maximum Gasteiger partial charge on any atom is 0.319 e. The number of nitrogens with one attached hydrogen (secondary N) is 2. The van der Waals surface area contributed by atoms with E-state index in [9.17, 15) is 10.1 Å². The van der Waals surface area contributed by atoms with Crippen molar-refractivity contribution in [3.05, 3.63) is 45.6 Å². The lowest BCUT2D eigenvalue weighted by Crippen LogP contribution is -2.46. The minimum absolute atomic E-state index is 0.279. The summed E-state index contributed by atoms with van der Waals surface area (Å²) < 4.78 is 0.914. The van der Waals surface area contributed by atoms with Gasteiger partial charge in [0.25, 0.3) is 0 Å². The molecule has 20 heavy (non-hydrogen) atoms. The molecule has 4 nitrogen and oxygen atoms in total. The predicted molar refractivity (Wildman–Crippen MR) is 80.6 cm³/mol. The van der Waals surface area contributed by atoms with Gasteiger partial charge in [-0.05, 0) is 17.7 Å². The molecule has 1 aromatic carbocycles. The molecule has 0 saturated carbocycles. The summed E-state index contributed by atoms with van der Waals surface area (Å²) in [5, 5.41) is 15.1. The summed E-state index contributed by atoms with van der Waals surface area (Å²) >= 11 is 3.41. The molecule has 2 rings (SSSR count). The van der Waals surface area contributed by atoms with Gasteiger partial charge in [0, 0.05) is 15.6 Å². The minimum Gasteiger partial charge on any atom is -0.326 e. The van der Waals surface area contributed by atoms with E-state index < -0.39 is 6.04 Å². The second-order valence-corrected chi connectivity index (χ2v) is 6.65. The number of hydrogen-bond donors (Lipinski definition) is 2. The SMILES string of the molecule is CC(C)(C)C1=C(C#N)[C@@H](c2cccc(Br)c2)NC(=O)N1. The van der Waals surface area contributed by atoms with Crippen LogP contribution in [0.1, 0.15) is 32.4 Å². The standard InChI is InChI=1S/C15H16BrN3O/c1-15(2,3)13-11(8-17)12(18-14(20)19-13)9-5-4-6-10(16)7-9/h4-7,12H,1-3H3,(H2,18,19,20)/t12-/m1/s1. The van der Waals surface area contributed by atoms with Crippen LogP contribution < -0.4 is 10.6 Å². The van der Waals surface area contributed by atoms with Crippen molar-refractivity contribution in [1.82, 2.24) is 10.6 Å². The third-order valence-corrected chi connectivity index (χ3v) is 3.62. The molecule has 1 aromatic rings. The summed E-state index contributed by atoms with van der Waals surface area (Å²) in [5.74, 6) is 0. The Balaban J connectivity index is 2.57. The Morgan fingerprint density at radius 1 is 1.35 bits per heavy atom. The molecule has 0 saturated heterocycles. The van der Waals surface area contributed by atoms with Gasteiger partial charge < -0.3 is 10.6 Å². The monoisotopic (exact) mass is 333 g/mol. The predicted octanol–water partition coefficient (Wildman–Crippen LogP) is 3.63. The fourth-order valence-corrected chi connectivity index (χ4v) is 2.63. The molecule has 0 aliphatic carbocycles. The van der Waals surface area contributed by atoms with Gasteiger partial charge in [-0.15, -0.1) is 0 Å². The summed E-state index contributed by atoms with van der Waals surface area (Å²) in [4.78, 5) is 11.9. The number of nitrogens with zero attached hydrogens (tertiary/aromatic N) is 1. The third kappa shape index (κ3) is 2.86. The molecule has 0 spiro atoms. The summed E-state index contributed by atoms with van der Waals surface area (Å²) in [7, 11) is 0. The van der Waals surface area contributed by atoms with E-state index in [1.54, 1.807) is 0 Å². The van der Waals surface area contributed by atoms with Crippen molar-refractivity contribution in [2.24, 2.45) is 5.41 Å². The minimum atomic E-state index is -0.416. The number of allylic oxidation sites excluding steroid dienone is 1. The summed E-state index contributed by atoms with van der Waals surface area (Å²) in [5.41, 5.74) is 1.81. The molecule has 1 atom stereocenters. The number of halogens is 1. The maximum absolute atomic E-state index is 11.9. The Morgan fingerprint density at radius 2 is 2.05 bits per heavy atom. The number of benzene rings is 1. The third-order valence-electron chi connectivity index (χ3n) is 3.12. The highest BCUT2D eigenvalue weighted by atomic mass is 79.9. The summed E-state index contributed by atoms with van der Waals surface area (Å²) in [6.07, 6.45) is 0. The highest BCUT2D eigenvalue weighted by molar-refractivity contribution is 9.10. The van der Waals surface area contributed by atoms with E-state index in [1.165, 1.54) is 0 Å². The zero-order valence-electron chi connectivity index (χ0n) is 11.6. The van der Waals surface area contributed by atoms with E-state index in [1.807, 2.05) is 45.0 Å². The Morgan fingerprint density at radius 3 is 2.60 bits per heavy atom. The van der Waals surface area contributed by atoms with Gasteiger partial charge in [-0.2, -0.15) is 5.26 Å². The Kier molecular flexibility index (Phi) is 3.87. The lowest BCUT2D eigenvalue weighted by molar-refractivity contribution is 0.235. The van der Waals surface area contributed by atoms with Crippen LogP contribution in [-0.2, 0) is 0 Å². The second kappa shape index (κ2) is 5.29. The van der Waals surface area contributed by atoms with E-state index in [-0.39, 0.29) is 11.4 Å². The number of amides is 2. The number of nitriles is 1. The van der Waals surface area contributed by atoms with Gasteiger partial charge in [0.1, 0.15) is 0 Å². The molecule has 0 bridgehead atoms. The molecule has 1 aliphatic heterocycles.